The minimum Gasteiger partial charge on any atom is -0.455 e. The van der Waals surface area contributed by atoms with Gasteiger partial charge in [-0.05, 0) is 41.9 Å². The van der Waals surface area contributed by atoms with Gasteiger partial charge in [-0.3, -0.25) is 9.69 Å². The fourth-order valence-corrected chi connectivity index (χ4v) is 2.41. The summed E-state index contributed by atoms with van der Waals surface area (Å²) in [6.45, 7) is 0.329. The van der Waals surface area contributed by atoms with Crippen LogP contribution in [-0.2, 0) is 6.54 Å². The quantitative estimate of drug-likeness (QED) is 0.515. The number of hydrogen-bond donors (Lipinski definition) is 0. The van der Waals surface area contributed by atoms with Gasteiger partial charge in [-0.2, -0.15) is 0 Å². The number of anilines is 1. The van der Waals surface area contributed by atoms with Gasteiger partial charge in [-0.1, -0.05) is 23.7 Å². The van der Waals surface area contributed by atoms with Crippen molar-refractivity contribution in [3.63, 3.8) is 0 Å². The number of hydrogen-bond acceptors (Lipinski definition) is 2. The van der Waals surface area contributed by atoms with Crippen LogP contribution in [0.2, 0.25) is 5.02 Å². The molecular weight excluding hydrogens is 285 g/mol. The lowest BCUT2D eigenvalue weighted by Gasteiger charge is -2.18. The van der Waals surface area contributed by atoms with Crippen molar-refractivity contribution < 1.29 is 9.53 Å². The highest BCUT2D eigenvalue weighted by atomic mass is 35.5. The molecule has 0 radical (unpaired) electrons. The number of ether oxygens (including phenoxy) is 1. The zero-order valence-corrected chi connectivity index (χ0v) is 11.3. The van der Waals surface area contributed by atoms with E-state index in [1.165, 1.54) is 4.90 Å². The minimum atomic E-state index is -0.552. The van der Waals surface area contributed by atoms with Crippen LogP contribution < -0.4 is 9.64 Å². The van der Waals surface area contributed by atoms with Crippen LogP contribution in [0.3, 0.4) is 0 Å². The average molecular weight is 294 g/mol. The molecule has 19 heavy (non-hydrogen) atoms. The maximum absolute atomic E-state index is 11.6. The molecule has 0 fully saturated rings. The molecule has 1 amide bonds. The summed E-state index contributed by atoms with van der Waals surface area (Å²) in [4.78, 5) is 13.1. The maximum atomic E-state index is 11.6. The van der Waals surface area contributed by atoms with Crippen LogP contribution in [0.5, 0.6) is 11.5 Å². The Kier molecular flexibility index (Phi) is 3.09. The lowest BCUT2D eigenvalue weighted by molar-refractivity contribution is 0.264. The molecular formula is C14H9Cl2NO2. The molecule has 0 atom stereocenters. The van der Waals surface area contributed by atoms with Gasteiger partial charge in [-0.25, -0.2) is 0 Å². The fraction of sp³-hybridized carbons (Fsp3) is 0.0714. The molecule has 0 aromatic heterocycles. The van der Waals surface area contributed by atoms with Crippen LogP contribution in [0, 0.1) is 0 Å². The van der Waals surface area contributed by atoms with E-state index in [1.807, 2.05) is 12.1 Å². The first-order valence-electron chi connectivity index (χ1n) is 5.67. The minimum absolute atomic E-state index is 0.329. The predicted molar refractivity (Wildman–Crippen MR) is 75.4 cm³/mol. The fourth-order valence-electron chi connectivity index (χ4n) is 2.07. The molecule has 0 saturated carbocycles. The summed E-state index contributed by atoms with van der Waals surface area (Å²) >= 11 is 11.6. The molecule has 0 spiro atoms. The Balaban J connectivity index is 2.17. The number of para-hydroxylation sites is 2. The van der Waals surface area contributed by atoms with E-state index in [1.54, 1.807) is 30.3 Å². The summed E-state index contributed by atoms with van der Waals surface area (Å²) in [6.07, 6.45) is 0. The van der Waals surface area contributed by atoms with E-state index < -0.39 is 5.37 Å². The molecule has 0 N–H and O–H groups in total. The lowest BCUT2D eigenvalue weighted by Crippen LogP contribution is -2.24. The molecule has 1 aliphatic heterocycles. The Bertz CT molecular complexity index is 658. The highest BCUT2D eigenvalue weighted by Gasteiger charge is 2.24. The molecule has 5 heteroatoms. The van der Waals surface area contributed by atoms with Crippen molar-refractivity contribution in [1.82, 2.24) is 0 Å². The first kappa shape index (κ1) is 12.3. The molecule has 1 heterocycles. The number of fused-ring (bicyclic) bond motifs is 2. The number of rotatable bonds is 0. The first-order valence-corrected chi connectivity index (χ1v) is 6.43. The number of halogens is 2. The molecule has 2 aromatic rings. The zero-order valence-electron chi connectivity index (χ0n) is 9.77. The molecule has 96 valence electrons. The number of carbonyl (C=O) groups is 1. The number of carbonyl (C=O) groups excluding carboxylic acids is 1. The van der Waals surface area contributed by atoms with Crippen molar-refractivity contribution in [3.05, 3.63) is 53.1 Å². The summed E-state index contributed by atoms with van der Waals surface area (Å²) in [5.74, 6) is 1.27. The highest BCUT2D eigenvalue weighted by Crippen LogP contribution is 2.39. The Hall–Kier alpha value is -1.71. The van der Waals surface area contributed by atoms with E-state index in [-0.39, 0.29) is 0 Å². The van der Waals surface area contributed by atoms with Gasteiger partial charge in [0, 0.05) is 10.6 Å². The summed E-state index contributed by atoms with van der Waals surface area (Å²) in [5, 5.41) is 0.0409. The average Bonchev–Trinajstić information content (AvgIpc) is 2.55. The van der Waals surface area contributed by atoms with Gasteiger partial charge < -0.3 is 4.74 Å². The monoisotopic (exact) mass is 293 g/mol. The van der Waals surface area contributed by atoms with Crippen LogP contribution in [0.15, 0.2) is 42.5 Å². The Labute approximate surface area is 120 Å². The molecule has 0 unspecified atom stereocenters. The maximum Gasteiger partial charge on any atom is 0.321 e. The van der Waals surface area contributed by atoms with E-state index in [9.17, 15) is 4.79 Å². The normalized spacial score (nSPS) is 13.1. The molecule has 0 bridgehead atoms. The van der Waals surface area contributed by atoms with Gasteiger partial charge >= 0.3 is 5.37 Å². The smallest absolute Gasteiger partial charge is 0.321 e. The van der Waals surface area contributed by atoms with Gasteiger partial charge in [0.15, 0.2) is 5.75 Å². The zero-order chi connectivity index (χ0) is 13.4. The summed E-state index contributed by atoms with van der Waals surface area (Å²) in [5.41, 5.74) is 1.47. The highest BCUT2D eigenvalue weighted by molar-refractivity contribution is 6.66. The van der Waals surface area contributed by atoms with Crippen molar-refractivity contribution in [2.45, 2.75) is 6.54 Å². The van der Waals surface area contributed by atoms with E-state index in [4.69, 9.17) is 27.9 Å². The molecule has 2 aromatic carbocycles. The van der Waals surface area contributed by atoms with Crippen LogP contribution in [0.25, 0.3) is 0 Å². The molecule has 0 saturated heterocycles. The van der Waals surface area contributed by atoms with E-state index >= 15 is 0 Å². The second kappa shape index (κ2) is 4.76. The molecule has 0 aliphatic carbocycles. The second-order valence-corrected chi connectivity index (χ2v) is 4.92. The molecule has 3 rings (SSSR count). The Morgan fingerprint density at radius 2 is 1.95 bits per heavy atom. The Morgan fingerprint density at radius 3 is 2.74 bits per heavy atom. The van der Waals surface area contributed by atoms with Gasteiger partial charge in [-0.15, -0.1) is 0 Å². The van der Waals surface area contributed by atoms with Crippen molar-refractivity contribution in [1.29, 1.82) is 0 Å². The van der Waals surface area contributed by atoms with Gasteiger partial charge in [0.05, 0.1) is 12.2 Å². The van der Waals surface area contributed by atoms with E-state index in [0.717, 1.165) is 5.56 Å². The van der Waals surface area contributed by atoms with Crippen LogP contribution in [0.4, 0.5) is 10.5 Å². The summed E-state index contributed by atoms with van der Waals surface area (Å²) in [6, 6.07) is 12.6. The number of amides is 1. The Morgan fingerprint density at radius 1 is 1.16 bits per heavy atom. The topological polar surface area (TPSA) is 29.5 Å². The molecule has 1 aliphatic rings. The van der Waals surface area contributed by atoms with Gasteiger partial charge in [0.1, 0.15) is 5.75 Å². The summed E-state index contributed by atoms with van der Waals surface area (Å²) in [7, 11) is 0. The van der Waals surface area contributed by atoms with Crippen molar-refractivity contribution >= 4 is 34.3 Å². The SMILES string of the molecule is O=C(Cl)N1Cc2cc(Cl)ccc2Oc2ccccc21. The van der Waals surface area contributed by atoms with Crippen molar-refractivity contribution in [2.24, 2.45) is 0 Å². The third-order valence-corrected chi connectivity index (χ3v) is 3.38. The van der Waals surface area contributed by atoms with Gasteiger partial charge in [0.25, 0.3) is 0 Å². The van der Waals surface area contributed by atoms with Crippen LogP contribution >= 0.6 is 23.2 Å². The van der Waals surface area contributed by atoms with Crippen molar-refractivity contribution in [2.75, 3.05) is 4.90 Å². The summed E-state index contributed by atoms with van der Waals surface area (Å²) < 4.78 is 5.83. The number of nitrogens with zero attached hydrogens (tertiary/aromatic N) is 1. The third-order valence-electron chi connectivity index (χ3n) is 2.94. The lowest BCUT2D eigenvalue weighted by atomic mass is 10.2. The molecule has 3 nitrogen and oxygen atoms in total. The van der Waals surface area contributed by atoms with E-state index in [0.29, 0.717) is 28.8 Å². The first-order chi connectivity index (χ1) is 9.15. The standard InChI is InChI=1S/C14H9Cl2NO2/c15-10-5-6-12-9(7-10)8-17(14(16)18)11-3-1-2-4-13(11)19-12/h1-7H,8H2. The van der Waals surface area contributed by atoms with E-state index in [2.05, 4.69) is 0 Å². The van der Waals surface area contributed by atoms with Gasteiger partial charge in [0.2, 0.25) is 0 Å². The predicted octanol–water partition coefficient (Wildman–Crippen LogP) is 4.81. The third kappa shape index (κ3) is 2.27. The van der Waals surface area contributed by atoms with Crippen LogP contribution in [0.1, 0.15) is 5.56 Å². The van der Waals surface area contributed by atoms with Crippen molar-refractivity contribution in [3.8, 4) is 11.5 Å². The largest absolute Gasteiger partial charge is 0.455 e. The second-order valence-electron chi connectivity index (χ2n) is 4.16. The van der Waals surface area contributed by atoms with Crippen LogP contribution in [-0.4, -0.2) is 5.37 Å². The number of benzene rings is 2.